The van der Waals surface area contributed by atoms with Crippen LogP contribution in [0.25, 0.3) is 0 Å². The van der Waals surface area contributed by atoms with Crippen molar-refractivity contribution >= 4 is 0 Å². The van der Waals surface area contributed by atoms with Gasteiger partial charge in [0.05, 0.1) is 17.6 Å². The van der Waals surface area contributed by atoms with Crippen LogP contribution in [0.1, 0.15) is 48.5 Å². The van der Waals surface area contributed by atoms with Crippen LogP contribution in [-0.4, -0.2) is 5.11 Å². The molecule has 0 heterocycles. The Morgan fingerprint density at radius 3 is 2.18 bits per heavy atom. The molecule has 0 saturated heterocycles. The van der Waals surface area contributed by atoms with Gasteiger partial charge in [-0.2, -0.15) is 5.26 Å². The first-order valence-electron chi connectivity index (χ1n) is 6.25. The van der Waals surface area contributed by atoms with Gasteiger partial charge in [0.2, 0.25) is 0 Å². The zero-order chi connectivity index (χ0) is 12.5. The second kappa shape index (κ2) is 4.50. The van der Waals surface area contributed by atoms with Crippen LogP contribution in [0.5, 0.6) is 0 Å². The van der Waals surface area contributed by atoms with Crippen molar-refractivity contribution in [2.24, 2.45) is 5.41 Å². The SMILES string of the molecule is Cc1cc(C)cc(C(O)C2(C#N)CCCC2)c1. The summed E-state index contributed by atoms with van der Waals surface area (Å²) < 4.78 is 0. The van der Waals surface area contributed by atoms with Crippen LogP contribution in [0.15, 0.2) is 18.2 Å². The number of benzene rings is 1. The van der Waals surface area contributed by atoms with Gasteiger partial charge in [0, 0.05) is 0 Å². The summed E-state index contributed by atoms with van der Waals surface area (Å²) in [6.45, 7) is 4.05. The van der Waals surface area contributed by atoms with E-state index < -0.39 is 11.5 Å². The van der Waals surface area contributed by atoms with Crippen molar-refractivity contribution in [3.05, 3.63) is 34.9 Å². The molecule has 1 aliphatic rings. The van der Waals surface area contributed by atoms with Crippen molar-refractivity contribution in [2.75, 3.05) is 0 Å². The predicted octanol–water partition coefficient (Wildman–Crippen LogP) is 3.42. The summed E-state index contributed by atoms with van der Waals surface area (Å²) in [4.78, 5) is 0. The van der Waals surface area contributed by atoms with Gasteiger partial charge in [-0.25, -0.2) is 0 Å². The minimum atomic E-state index is -0.645. The number of aliphatic hydroxyl groups excluding tert-OH is 1. The van der Waals surface area contributed by atoms with Crippen molar-refractivity contribution in [1.82, 2.24) is 0 Å². The quantitative estimate of drug-likeness (QED) is 0.844. The number of nitrogens with zero attached hydrogens (tertiary/aromatic N) is 1. The number of hydrogen-bond acceptors (Lipinski definition) is 2. The van der Waals surface area contributed by atoms with Crippen LogP contribution in [0, 0.1) is 30.6 Å². The molecule has 1 atom stereocenters. The lowest BCUT2D eigenvalue weighted by molar-refractivity contribution is 0.0670. The number of rotatable bonds is 2. The molecule has 1 aromatic carbocycles. The molecule has 1 unspecified atom stereocenters. The molecule has 1 aliphatic carbocycles. The second-order valence-corrected chi connectivity index (χ2v) is 5.30. The Kier molecular flexibility index (Phi) is 3.22. The first-order valence-corrected chi connectivity index (χ1v) is 6.25. The van der Waals surface area contributed by atoms with Crippen LogP contribution in [0.2, 0.25) is 0 Å². The van der Waals surface area contributed by atoms with Gasteiger partial charge in [-0.15, -0.1) is 0 Å². The average molecular weight is 229 g/mol. The van der Waals surface area contributed by atoms with E-state index in [0.717, 1.165) is 42.4 Å². The minimum absolute atomic E-state index is 0.555. The Morgan fingerprint density at radius 2 is 1.71 bits per heavy atom. The van der Waals surface area contributed by atoms with E-state index in [1.807, 2.05) is 26.0 Å². The van der Waals surface area contributed by atoms with E-state index in [1.54, 1.807) is 0 Å². The molecule has 2 rings (SSSR count). The van der Waals surface area contributed by atoms with Crippen LogP contribution in [0.3, 0.4) is 0 Å². The molecular formula is C15H19NO. The summed E-state index contributed by atoms with van der Waals surface area (Å²) in [5.41, 5.74) is 2.63. The summed E-state index contributed by atoms with van der Waals surface area (Å²) in [6.07, 6.45) is 3.09. The summed E-state index contributed by atoms with van der Waals surface area (Å²) >= 11 is 0. The average Bonchev–Trinajstić information content (AvgIpc) is 2.76. The Balaban J connectivity index is 2.36. The molecule has 0 amide bonds. The third kappa shape index (κ3) is 2.21. The Labute approximate surface area is 103 Å². The van der Waals surface area contributed by atoms with E-state index in [0.29, 0.717) is 0 Å². The number of aryl methyl sites for hydroxylation is 2. The highest BCUT2D eigenvalue weighted by Gasteiger charge is 2.41. The van der Waals surface area contributed by atoms with Gasteiger partial charge in [-0.1, -0.05) is 42.2 Å². The van der Waals surface area contributed by atoms with E-state index in [4.69, 9.17) is 0 Å². The fourth-order valence-corrected chi connectivity index (χ4v) is 2.94. The maximum absolute atomic E-state index is 10.5. The molecular weight excluding hydrogens is 210 g/mol. The first-order chi connectivity index (χ1) is 8.07. The molecule has 1 aromatic rings. The monoisotopic (exact) mass is 229 g/mol. The van der Waals surface area contributed by atoms with Crippen molar-refractivity contribution < 1.29 is 5.11 Å². The van der Waals surface area contributed by atoms with E-state index >= 15 is 0 Å². The van der Waals surface area contributed by atoms with E-state index in [-0.39, 0.29) is 0 Å². The lowest BCUT2D eigenvalue weighted by Crippen LogP contribution is -2.24. The minimum Gasteiger partial charge on any atom is -0.387 e. The molecule has 17 heavy (non-hydrogen) atoms. The van der Waals surface area contributed by atoms with E-state index in [1.165, 1.54) is 0 Å². The van der Waals surface area contributed by atoms with Crippen molar-refractivity contribution in [3.8, 4) is 6.07 Å². The molecule has 0 spiro atoms. The Bertz CT molecular complexity index is 432. The summed E-state index contributed by atoms with van der Waals surface area (Å²) in [5, 5.41) is 19.9. The molecule has 0 bridgehead atoms. The van der Waals surface area contributed by atoms with Crippen molar-refractivity contribution in [1.29, 1.82) is 5.26 Å². The van der Waals surface area contributed by atoms with Gasteiger partial charge in [0.1, 0.15) is 0 Å². The van der Waals surface area contributed by atoms with E-state index in [2.05, 4.69) is 12.1 Å². The van der Waals surface area contributed by atoms with E-state index in [9.17, 15) is 10.4 Å². The summed E-state index contributed by atoms with van der Waals surface area (Å²) in [7, 11) is 0. The smallest absolute Gasteiger partial charge is 0.0976 e. The fraction of sp³-hybridized carbons (Fsp3) is 0.533. The maximum Gasteiger partial charge on any atom is 0.0976 e. The van der Waals surface area contributed by atoms with Gasteiger partial charge in [0.25, 0.3) is 0 Å². The van der Waals surface area contributed by atoms with Gasteiger partial charge in [-0.05, 0) is 32.3 Å². The summed E-state index contributed by atoms with van der Waals surface area (Å²) in [6, 6.07) is 8.44. The lowest BCUT2D eigenvalue weighted by Gasteiger charge is -2.27. The Morgan fingerprint density at radius 1 is 1.18 bits per heavy atom. The molecule has 2 heteroatoms. The molecule has 0 radical (unpaired) electrons. The zero-order valence-electron chi connectivity index (χ0n) is 10.5. The molecule has 1 saturated carbocycles. The van der Waals surface area contributed by atoms with Gasteiger partial charge in [-0.3, -0.25) is 0 Å². The van der Waals surface area contributed by atoms with Gasteiger partial charge >= 0.3 is 0 Å². The maximum atomic E-state index is 10.5. The first kappa shape index (κ1) is 12.1. The molecule has 2 nitrogen and oxygen atoms in total. The molecule has 0 aromatic heterocycles. The van der Waals surface area contributed by atoms with Crippen LogP contribution >= 0.6 is 0 Å². The normalized spacial score (nSPS) is 19.9. The Hall–Kier alpha value is -1.33. The zero-order valence-corrected chi connectivity index (χ0v) is 10.5. The number of aliphatic hydroxyl groups is 1. The largest absolute Gasteiger partial charge is 0.387 e. The summed E-state index contributed by atoms with van der Waals surface area (Å²) in [5.74, 6) is 0. The van der Waals surface area contributed by atoms with Crippen LogP contribution in [0.4, 0.5) is 0 Å². The molecule has 1 fully saturated rings. The number of nitriles is 1. The van der Waals surface area contributed by atoms with Gasteiger partial charge < -0.3 is 5.11 Å². The standard InChI is InChI=1S/C15H19NO/c1-11-7-12(2)9-13(8-11)14(17)15(10-16)5-3-4-6-15/h7-9,14,17H,3-6H2,1-2H3. The lowest BCUT2D eigenvalue weighted by atomic mass is 9.78. The predicted molar refractivity (Wildman–Crippen MR) is 67.4 cm³/mol. The molecule has 90 valence electrons. The fourth-order valence-electron chi connectivity index (χ4n) is 2.94. The third-order valence-corrected chi connectivity index (χ3v) is 3.80. The van der Waals surface area contributed by atoms with Crippen LogP contribution in [-0.2, 0) is 0 Å². The van der Waals surface area contributed by atoms with Crippen LogP contribution < -0.4 is 0 Å². The topological polar surface area (TPSA) is 44.0 Å². The molecule has 1 N–H and O–H groups in total. The highest BCUT2D eigenvalue weighted by Crippen LogP contribution is 2.47. The highest BCUT2D eigenvalue weighted by molar-refractivity contribution is 5.32. The third-order valence-electron chi connectivity index (χ3n) is 3.80. The number of hydrogen-bond donors (Lipinski definition) is 1. The molecule has 0 aliphatic heterocycles. The van der Waals surface area contributed by atoms with Gasteiger partial charge in [0.15, 0.2) is 0 Å². The highest BCUT2D eigenvalue weighted by atomic mass is 16.3. The van der Waals surface area contributed by atoms with Crippen molar-refractivity contribution in [3.63, 3.8) is 0 Å². The second-order valence-electron chi connectivity index (χ2n) is 5.30. The van der Waals surface area contributed by atoms with Crippen molar-refractivity contribution in [2.45, 2.75) is 45.6 Å².